The number of nitrogens with zero attached hydrogens (tertiary/aromatic N) is 2. The molecule has 0 atom stereocenters. The topological polar surface area (TPSA) is 41.9 Å². The van der Waals surface area contributed by atoms with Crippen LogP contribution in [0.1, 0.15) is 27.2 Å². The number of amides is 1. The first-order valence-electron chi connectivity index (χ1n) is 3.61. The molecule has 0 radical (unpaired) electrons. The van der Waals surface area contributed by atoms with E-state index in [-0.39, 0.29) is 5.91 Å². The maximum Gasteiger partial charge on any atom is 0.245 e. The van der Waals surface area contributed by atoms with Gasteiger partial charge in [0.15, 0.2) is 6.40 Å². The molecule has 0 saturated heterocycles. The highest BCUT2D eigenvalue weighted by Gasteiger charge is 2.34. The minimum atomic E-state index is -0.604. The number of hydrazone groups is 1. The Morgan fingerprint density at radius 1 is 1.73 bits per heavy atom. The van der Waals surface area contributed by atoms with E-state index in [4.69, 9.17) is 4.74 Å². The molecule has 0 N–H and O–H groups in total. The van der Waals surface area contributed by atoms with Crippen molar-refractivity contribution in [1.82, 2.24) is 5.01 Å². The van der Waals surface area contributed by atoms with Crippen LogP contribution in [0, 0.1) is 0 Å². The largest absolute Gasteiger partial charge is 0.454 e. The van der Waals surface area contributed by atoms with Crippen LogP contribution >= 0.6 is 0 Å². The molecule has 1 rings (SSSR count). The molecule has 0 aromatic heterocycles. The van der Waals surface area contributed by atoms with Crippen molar-refractivity contribution < 1.29 is 9.53 Å². The molecule has 0 aromatic carbocycles. The first-order valence-corrected chi connectivity index (χ1v) is 3.61. The average molecular weight is 156 g/mol. The fourth-order valence-corrected chi connectivity index (χ4v) is 0.903. The van der Waals surface area contributed by atoms with Gasteiger partial charge in [-0.15, -0.1) is 5.10 Å². The van der Waals surface area contributed by atoms with Crippen molar-refractivity contribution in [3.63, 3.8) is 0 Å². The molecular weight excluding hydrogens is 144 g/mol. The van der Waals surface area contributed by atoms with Crippen LogP contribution in [0.3, 0.4) is 0 Å². The van der Waals surface area contributed by atoms with Gasteiger partial charge in [-0.25, -0.2) is 0 Å². The molecule has 0 aromatic rings. The van der Waals surface area contributed by atoms with E-state index >= 15 is 0 Å². The van der Waals surface area contributed by atoms with Gasteiger partial charge < -0.3 is 4.74 Å². The van der Waals surface area contributed by atoms with Crippen molar-refractivity contribution in [1.29, 1.82) is 0 Å². The highest BCUT2D eigenvalue weighted by atomic mass is 16.5. The Kier molecular flexibility index (Phi) is 1.85. The van der Waals surface area contributed by atoms with E-state index in [0.29, 0.717) is 6.42 Å². The molecule has 0 spiro atoms. The fraction of sp³-hybridized carbons (Fsp3) is 0.714. The van der Waals surface area contributed by atoms with E-state index in [1.807, 2.05) is 0 Å². The monoisotopic (exact) mass is 156 g/mol. The van der Waals surface area contributed by atoms with Crippen molar-refractivity contribution in [2.24, 2.45) is 5.10 Å². The zero-order valence-electron chi connectivity index (χ0n) is 7.00. The van der Waals surface area contributed by atoms with Crippen molar-refractivity contribution >= 4 is 12.3 Å². The van der Waals surface area contributed by atoms with Gasteiger partial charge in [-0.2, -0.15) is 5.01 Å². The number of hydrogen-bond acceptors (Lipinski definition) is 3. The highest BCUT2D eigenvalue weighted by molar-refractivity contribution is 5.77. The summed E-state index contributed by atoms with van der Waals surface area (Å²) in [7, 11) is 0. The molecule has 11 heavy (non-hydrogen) atoms. The van der Waals surface area contributed by atoms with Gasteiger partial charge in [0, 0.05) is 6.42 Å². The Bertz CT molecular complexity index is 199. The summed E-state index contributed by atoms with van der Waals surface area (Å²) in [5, 5.41) is 5.15. The standard InChI is InChI=1S/C7H12N2O2/c1-4-6(10)9-7(2,3)11-5-8-9/h5H,4H2,1-3H3. The van der Waals surface area contributed by atoms with Gasteiger partial charge in [-0.3, -0.25) is 4.79 Å². The first-order chi connectivity index (χ1) is 5.08. The summed E-state index contributed by atoms with van der Waals surface area (Å²) in [5.74, 6) is -0.0243. The van der Waals surface area contributed by atoms with Gasteiger partial charge in [0.2, 0.25) is 11.6 Å². The fourth-order valence-electron chi connectivity index (χ4n) is 0.903. The van der Waals surface area contributed by atoms with Gasteiger partial charge in [-0.05, 0) is 13.8 Å². The molecular formula is C7H12N2O2. The van der Waals surface area contributed by atoms with Gasteiger partial charge in [0.25, 0.3) is 0 Å². The van der Waals surface area contributed by atoms with Crippen molar-refractivity contribution in [3.8, 4) is 0 Å². The molecule has 4 heteroatoms. The first kappa shape index (κ1) is 8.04. The van der Waals surface area contributed by atoms with Crippen LogP contribution in [0.25, 0.3) is 0 Å². The third-order valence-corrected chi connectivity index (χ3v) is 1.55. The highest BCUT2D eigenvalue weighted by Crippen LogP contribution is 2.20. The summed E-state index contributed by atoms with van der Waals surface area (Å²) in [4.78, 5) is 11.2. The minimum absolute atomic E-state index is 0.0243. The maximum absolute atomic E-state index is 11.2. The molecule has 0 unspecified atom stereocenters. The van der Waals surface area contributed by atoms with Crippen LogP contribution in [0.15, 0.2) is 5.10 Å². The van der Waals surface area contributed by atoms with Gasteiger partial charge >= 0.3 is 0 Å². The molecule has 0 aliphatic carbocycles. The van der Waals surface area contributed by atoms with E-state index in [1.54, 1.807) is 20.8 Å². The summed E-state index contributed by atoms with van der Waals surface area (Å²) in [6.45, 7) is 5.40. The molecule has 1 aliphatic rings. The second-order valence-electron chi connectivity index (χ2n) is 2.84. The number of hydrogen-bond donors (Lipinski definition) is 0. The second-order valence-corrected chi connectivity index (χ2v) is 2.84. The second kappa shape index (κ2) is 2.53. The third-order valence-electron chi connectivity index (χ3n) is 1.55. The van der Waals surface area contributed by atoms with Crippen LogP contribution in [0.5, 0.6) is 0 Å². The summed E-state index contributed by atoms with van der Waals surface area (Å²) in [6, 6.07) is 0. The maximum atomic E-state index is 11.2. The Morgan fingerprint density at radius 2 is 2.36 bits per heavy atom. The van der Waals surface area contributed by atoms with E-state index in [2.05, 4.69) is 5.10 Å². The summed E-state index contributed by atoms with van der Waals surface area (Å²) in [5.41, 5.74) is -0.604. The van der Waals surface area contributed by atoms with Gasteiger partial charge in [0.05, 0.1) is 0 Å². The molecule has 0 fully saturated rings. The third kappa shape index (κ3) is 1.34. The lowest BCUT2D eigenvalue weighted by Crippen LogP contribution is -2.41. The van der Waals surface area contributed by atoms with Gasteiger partial charge in [-0.1, -0.05) is 6.92 Å². The molecule has 1 aliphatic heterocycles. The SMILES string of the molecule is CCC(=O)N1N=COC1(C)C. The number of carbonyl (C=O) groups excluding carboxylic acids is 1. The van der Waals surface area contributed by atoms with E-state index in [9.17, 15) is 4.79 Å². The predicted octanol–water partition coefficient (Wildman–Crippen LogP) is 0.935. The number of ether oxygens (including phenoxy) is 1. The van der Waals surface area contributed by atoms with Crippen LogP contribution in [0.4, 0.5) is 0 Å². The molecule has 62 valence electrons. The molecule has 0 bridgehead atoms. The van der Waals surface area contributed by atoms with Crippen LogP contribution in [0.2, 0.25) is 0 Å². The van der Waals surface area contributed by atoms with Crippen LogP contribution in [-0.2, 0) is 9.53 Å². The Morgan fingerprint density at radius 3 is 2.73 bits per heavy atom. The molecule has 0 saturated carbocycles. The Balaban J connectivity index is 2.72. The van der Waals surface area contributed by atoms with E-state index in [1.165, 1.54) is 11.4 Å². The summed E-state index contributed by atoms with van der Waals surface area (Å²) >= 11 is 0. The van der Waals surface area contributed by atoms with E-state index < -0.39 is 5.72 Å². The normalized spacial score (nSPS) is 20.1. The summed E-state index contributed by atoms with van der Waals surface area (Å²) < 4.78 is 5.09. The lowest BCUT2D eigenvalue weighted by molar-refractivity contribution is -0.144. The Labute approximate surface area is 65.8 Å². The van der Waals surface area contributed by atoms with Crippen molar-refractivity contribution in [2.75, 3.05) is 0 Å². The molecule has 1 amide bonds. The number of carbonyl (C=O) groups is 1. The summed E-state index contributed by atoms with van der Waals surface area (Å²) in [6.07, 6.45) is 1.75. The van der Waals surface area contributed by atoms with Crippen LogP contribution < -0.4 is 0 Å². The lowest BCUT2D eigenvalue weighted by Gasteiger charge is -2.26. The minimum Gasteiger partial charge on any atom is -0.454 e. The zero-order chi connectivity index (χ0) is 8.48. The van der Waals surface area contributed by atoms with Gasteiger partial charge in [0.1, 0.15) is 0 Å². The predicted molar refractivity (Wildman–Crippen MR) is 40.8 cm³/mol. The molecule has 4 nitrogen and oxygen atoms in total. The zero-order valence-corrected chi connectivity index (χ0v) is 7.00. The molecule has 1 heterocycles. The van der Waals surface area contributed by atoms with Crippen molar-refractivity contribution in [3.05, 3.63) is 0 Å². The van der Waals surface area contributed by atoms with E-state index in [0.717, 1.165) is 0 Å². The lowest BCUT2D eigenvalue weighted by atomic mass is 10.3. The smallest absolute Gasteiger partial charge is 0.245 e. The average Bonchev–Trinajstić information content (AvgIpc) is 2.28. The Hall–Kier alpha value is -1.06. The number of rotatable bonds is 1. The van der Waals surface area contributed by atoms with Crippen LogP contribution in [-0.4, -0.2) is 23.0 Å². The van der Waals surface area contributed by atoms with Crippen molar-refractivity contribution in [2.45, 2.75) is 32.9 Å². The quantitative estimate of drug-likeness (QED) is 0.566.